The summed E-state index contributed by atoms with van der Waals surface area (Å²) in [5.41, 5.74) is -0.892. The number of aromatic carboxylic acids is 3. The molecule has 0 radical (unpaired) electrons. The summed E-state index contributed by atoms with van der Waals surface area (Å²) in [4.78, 5) is 36.9. The molecular formula is C12H7NO6. The lowest BCUT2D eigenvalue weighted by Gasteiger charge is -2.07. The van der Waals surface area contributed by atoms with Crippen molar-refractivity contribution in [3.63, 3.8) is 0 Å². The van der Waals surface area contributed by atoms with Crippen LogP contribution < -0.4 is 0 Å². The van der Waals surface area contributed by atoms with Crippen molar-refractivity contribution >= 4 is 28.8 Å². The summed E-state index contributed by atoms with van der Waals surface area (Å²) in [5, 5.41) is 26.9. The Morgan fingerprint density at radius 1 is 0.895 bits per heavy atom. The first-order valence-corrected chi connectivity index (χ1v) is 5.04. The first kappa shape index (κ1) is 12.5. The van der Waals surface area contributed by atoms with Crippen LogP contribution in [0.25, 0.3) is 10.9 Å². The molecule has 1 aromatic carbocycles. The van der Waals surface area contributed by atoms with Crippen LogP contribution in [0.15, 0.2) is 24.4 Å². The van der Waals surface area contributed by atoms with E-state index in [1.165, 1.54) is 6.20 Å². The average Bonchev–Trinajstić information content (AvgIpc) is 2.36. The van der Waals surface area contributed by atoms with E-state index in [-0.39, 0.29) is 22.0 Å². The van der Waals surface area contributed by atoms with Crippen LogP contribution in [-0.2, 0) is 0 Å². The zero-order chi connectivity index (χ0) is 14.2. The molecule has 0 saturated carbocycles. The highest BCUT2D eigenvalue weighted by atomic mass is 16.4. The topological polar surface area (TPSA) is 125 Å². The van der Waals surface area contributed by atoms with Gasteiger partial charge in [-0.25, -0.2) is 14.4 Å². The van der Waals surface area contributed by atoms with Crippen LogP contribution in [0.5, 0.6) is 0 Å². The Hall–Kier alpha value is -2.96. The lowest BCUT2D eigenvalue weighted by Crippen LogP contribution is -2.07. The van der Waals surface area contributed by atoms with Crippen molar-refractivity contribution in [1.29, 1.82) is 0 Å². The van der Waals surface area contributed by atoms with Gasteiger partial charge in [0.25, 0.3) is 0 Å². The smallest absolute Gasteiger partial charge is 0.336 e. The fourth-order valence-corrected chi connectivity index (χ4v) is 1.76. The number of hydrogen-bond acceptors (Lipinski definition) is 4. The van der Waals surface area contributed by atoms with Crippen LogP contribution in [0, 0.1) is 0 Å². The third-order valence-corrected chi connectivity index (χ3v) is 2.55. The fourth-order valence-electron chi connectivity index (χ4n) is 1.76. The molecular weight excluding hydrogens is 254 g/mol. The molecule has 96 valence electrons. The number of nitrogens with zero attached hydrogens (tertiary/aromatic N) is 1. The molecule has 0 spiro atoms. The number of carboxylic acid groups (broad SMARTS) is 3. The van der Waals surface area contributed by atoms with E-state index in [0.717, 1.165) is 18.2 Å². The van der Waals surface area contributed by atoms with Gasteiger partial charge in [-0.05, 0) is 18.2 Å². The minimum absolute atomic E-state index is 0.0113. The van der Waals surface area contributed by atoms with Gasteiger partial charge in [-0.1, -0.05) is 0 Å². The lowest BCUT2D eigenvalue weighted by atomic mass is 10.00. The second kappa shape index (κ2) is 4.37. The van der Waals surface area contributed by atoms with Crippen LogP contribution in [0.1, 0.15) is 31.1 Å². The second-order valence-electron chi connectivity index (χ2n) is 3.69. The zero-order valence-corrected chi connectivity index (χ0v) is 9.32. The lowest BCUT2D eigenvalue weighted by molar-refractivity contribution is 0.0688. The van der Waals surface area contributed by atoms with Gasteiger partial charge in [0.05, 0.1) is 22.2 Å². The minimum Gasteiger partial charge on any atom is -0.478 e. The highest BCUT2D eigenvalue weighted by Crippen LogP contribution is 2.23. The Kier molecular flexibility index (Phi) is 2.88. The van der Waals surface area contributed by atoms with Gasteiger partial charge in [0.2, 0.25) is 0 Å². The van der Waals surface area contributed by atoms with Crippen LogP contribution in [-0.4, -0.2) is 38.2 Å². The molecule has 3 N–H and O–H groups in total. The predicted molar refractivity (Wildman–Crippen MR) is 62.6 cm³/mol. The standard InChI is InChI=1S/C12H7NO6/c14-10(15)5-3-7(12(18)19)9-6(11(16)17)1-2-13-8(9)4-5/h1-4H,(H,14,15)(H,16,17)(H,18,19). The molecule has 0 bridgehead atoms. The summed E-state index contributed by atoms with van der Waals surface area (Å²) in [6.45, 7) is 0. The number of aromatic nitrogens is 1. The van der Waals surface area contributed by atoms with E-state index in [1.54, 1.807) is 0 Å². The molecule has 0 aliphatic rings. The molecule has 7 nitrogen and oxygen atoms in total. The molecule has 0 aliphatic carbocycles. The van der Waals surface area contributed by atoms with E-state index in [0.29, 0.717) is 0 Å². The van der Waals surface area contributed by atoms with Crippen molar-refractivity contribution in [3.8, 4) is 0 Å². The summed E-state index contributed by atoms with van der Waals surface area (Å²) in [7, 11) is 0. The van der Waals surface area contributed by atoms with Crippen molar-refractivity contribution < 1.29 is 29.7 Å². The highest BCUT2D eigenvalue weighted by Gasteiger charge is 2.19. The van der Waals surface area contributed by atoms with E-state index >= 15 is 0 Å². The summed E-state index contributed by atoms with van der Waals surface area (Å²) in [6, 6.07) is 3.22. The van der Waals surface area contributed by atoms with Crippen LogP contribution >= 0.6 is 0 Å². The Morgan fingerprint density at radius 3 is 2.05 bits per heavy atom. The minimum atomic E-state index is -1.41. The van der Waals surface area contributed by atoms with E-state index in [1.807, 2.05) is 0 Å². The van der Waals surface area contributed by atoms with E-state index in [4.69, 9.17) is 15.3 Å². The van der Waals surface area contributed by atoms with Crippen LogP contribution in [0.3, 0.4) is 0 Å². The largest absolute Gasteiger partial charge is 0.478 e. The Balaban J connectivity index is 2.95. The van der Waals surface area contributed by atoms with Crippen LogP contribution in [0.2, 0.25) is 0 Å². The number of rotatable bonds is 3. The van der Waals surface area contributed by atoms with Crippen molar-refractivity contribution in [2.45, 2.75) is 0 Å². The number of carboxylic acids is 3. The summed E-state index contributed by atoms with van der Waals surface area (Å²) >= 11 is 0. The predicted octanol–water partition coefficient (Wildman–Crippen LogP) is 1.33. The quantitative estimate of drug-likeness (QED) is 0.760. The van der Waals surface area contributed by atoms with Crippen molar-refractivity contribution in [1.82, 2.24) is 4.98 Å². The third kappa shape index (κ3) is 2.08. The summed E-state index contributed by atoms with van der Waals surface area (Å²) in [5.74, 6) is -4.03. The second-order valence-corrected chi connectivity index (χ2v) is 3.69. The molecule has 7 heteroatoms. The Bertz CT molecular complexity index is 721. The zero-order valence-electron chi connectivity index (χ0n) is 9.32. The number of benzene rings is 1. The van der Waals surface area contributed by atoms with E-state index < -0.39 is 23.5 Å². The first-order valence-electron chi connectivity index (χ1n) is 5.04. The van der Waals surface area contributed by atoms with E-state index in [2.05, 4.69) is 4.98 Å². The maximum Gasteiger partial charge on any atom is 0.336 e. The average molecular weight is 261 g/mol. The van der Waals surface area contributed by atoms with Crippen molar-refractivity contribution in [3.05, 3.63) is 41.1 Å². The van der Waals surface area contributed by atoms with Gasteiger partial charge in [0.1, 0.15) is 0 Å². The molecule has 1 aromatic heterocycles. The van der Waals surface area contributed by atoms with Gasteiger partial charge < -0.3 is 15.3 Å². The maximum atomic E-state index is 11.2. The number of hydrogen-bond donors (Lipinski definition) is 3. The van der Waals surface area contributed by atoms with Gasteiger partial charge in [0.15, 0.2) is 0 Å². The number of pyridine rings is 1. The maximum absolute atomic E-state index is 11.2. The van der Waals surface area contributed by atoms with Gasteiger partial charge in [0, 0.05) is 11.6 Å². The number of carbonyl (C=O) groups is 3. The molecule has 0 saturated heterocycles. The Labute approximate surface area is 105 Å². The molecule has 0 amide bonds. The molecule has 0 fully saturated rings. The van der Waals surface area contributed by atoms with E-state index in [9.17, 15) is 14.4 Å². The summed E-state index contributed by atoms with van der Waals surface area (Å²) < 4.78 is 0. The molecule has 2 rings (SSSR count). The van der Waals surface area contributed by atoms with Gasteiger partial charge in [-0.15, -0.1) is 0 Å². The van der Waals surface area contributed by atoms with Gasteiger partial charge in [-0.2, -0.15) is 0 Å². The molecule has 2 aromatic rings. The molecule has 19 heavy (non-hydrogen) atoms. The highest BCUT2D eigenvalue weighted by molar-refractivity contribution is 6.13. The first-order chi connectivity index (χ1) is 8.91. The molecule has 0 atom stereocenters. The van der Waals surface area contributed by atoms with Crippen molar-refractivity contribution in [2.75, 3.05) is 0 Å². The van der Waals surface area contributed by atoms with Crippen LogP contribution in [0.4, 0.5) is 0 Å². The monoisotopic (exact) mass is 261 g/mol. The summed E-state index contributed by atoms with van der Waals surface area (Å²) in [6.07, 6.45) is 1.18. The Morgan fingerprint density at radius 2 is 1.53 bits per heavy atom. The molecule has 1 heterocycles. The van der Waals surface area contributed by atoms with Gasteiger partial charge >= 0.3 is 17.9 Å². The van der Waals surface area contributed by atoms with Crippen molar-refractivity contribution in [2.24, 2.45) is 0 Å². The third-order valence-electron chi connectivity index (χ3n) is 2.55. The molecule has 0 aliphatic heterocycles. The van der Waals surface area contributed by atoms with Gasteiger partial charge in [-0.3, -0.25) is 4.98 Å². The number of fused-ring (bicyclic) bond motifs is 1. The SMILES string of the molecule is O=C(O)c1cc(C(=O)O)c2c(C(=O)O)ccnc2c1. The normalized spacial score (nSPS) is 10.3. The molecule has 0 unspecified atom stereocenters. The fraction of sp³-hybridized carbons (Fsp3) is 0.